The fraction of sp³-hybridized carbons (Fsp3) is 0.143. The molecular formula is C21H17Cl2NO3. The van der Waals surface area contributed by atoms with Crippen LogP contribution in [-0.2, 0) is 20.7 Å². The molecule has 0 fully saturated rings. The van der Waals surface area contributed by atoms with E-state index in [0.29, 0.717) is 15.7 Å². The van der Waals surface area contributed by atoms with Crippen LogP contribution in [0.25, 0.3) is 10.8 Å². The number of esters is 1. The Kier molecular flexibility index (Phi) is 5.99. The molecule has 6 heteroatoms. The summed E-state index contributed by atoms with van der Waals surface area (Å²) >= 11 is 11.8. The second-order valence-electron chi connectivity index (χ2n) is 6.09. The molecular weight excluding hydrogens is 385 g/mol. The number of rotatable bonds is 5. The molecule has 0 radical (unpaired) electrons. The SMILES string of the molecule is C[C@@H](OC(=O)Cc1cccc2ccccc12)C(=O)Nc1cc(Cl)cc(Cl)c1. The smallest absolute Gasteiger partial charge is 0.311 e. The summed E-state index contributed by atoms with van der Waals surface area (Å²) in [6.07, 6.45) is -0.868. The Balaban J connectivity index is 1.63. The number of hydrogen-bond donors (Lipinski definition) is 1. The maximum absolute atomic E-state index is 12.3. The predicted molar refractivity (Wildman–Crippen MR) is 108 cm³/mol. The summed E-state index contributed by atoms with van der Waals surface area (Å²) in [6, 6.07) is 18.2. The van der Waals surface area contributed by atoms with E-state index in [4.69, 9.17) is 27.9 Å². The van der Waals surface area contributed by atoms with Crippen LogP contribution >= 0.6 is 23.2 Å². The van der Waals surface area contributed by atoms with Gasteiger partial charge in [-0.1, -0.05) is 65.7 Å². The van der Waals surface area contributed by atoms with Crippen molar-refractivity contribution in [3.63, 3.8) is 0 Å². The van der Waals surface area contributed by atoms with Crippen molar-refractivity contribution in [1.29, 1.82) is 0 Å². The number of amides is 1. The molecule has 0 aliphatic heterocycles. The Hall–Kier alpha value is -2.56. The first-order valence-electron chi connectivity index (χ1n) is 8.35. The lowest BCUT2D eigenvalue weighted by Gasteiger charge is -2.14. The number of anilines is 1. The molecule has 0 aliphatic carbocycles. The van der Waals surface area contributed by atoms with Crippen molar-refractivity contribution in [2.24, 2.45) is 0 Å². The Labute approximate surface area is 167 Å². The Bertz CT molecular complexity index is 978. The van der Waals surface area contributed by atoms with Crippen LogP contribution < -0.4 is 5.32 Å². The monoisotopic (exact) mass is 401 g/mol. The molecule has 3 aromatic rings. The number of benzene rings is 3. The summed E-state index contributed by atoms with van der Waals surface area (Å²) in [6.45, 7) is 1.52. The standard InChI is InChI=1S/C21H17Cl2NO3/c1-13(21(26)24-18-11-16(22)10-17(23)12-18)27-20(25)9-15-7-4-6-14-5-2-3-8-19(14)15/h2-8,10-13H,9H2,1H3,(H,24,26)/t13-/m1/s1. The number of ether oxygens (including phenoxy) is 1. The molecule has 1 atom stereocenters. The molecule has 138 valence electrons. The molecule has 0 saturated heterocycles. The highest BCUT2D eigenvalue weighted by Crippen LogP contribution is 2.23. The molecule has 0 aromatic heterocycles. The normalized spacial score (nSPS) is 11.8. The second kappa shape index (κ2) is 8.42. The maximum Gasteiger partial charge on any atom is 0.311 e. The lowest BCUT2D eigenvalue weighted by atomic mass is 10.0. The highest BCUT2D eigenvalue weighted by atomic mass is 35.5. The maximum atomic E-state index is 12.3. The summed E-state index contributed by atoms with van der Waals surface area (Å²) < 4.78 is 5.28. The summed E-state index contributed by atoms with van der Waals surface area (Å²) in [5.74, 6) is -0.933. The minimum atomic E-state index is -0.953. The Morgan fingerprint density at radius 2 is 1.67 bits per heavy atom. The molecule has 0 aliphatic rings. The number of carbonyl (C=O) groups excluding carboxylic acids is 2. The molecule has 0 saturated carbocycles. The van der Waals surface area contributed by atoms with Crippen molar-refractivity contribution >= 4 is 51.5 Å². The minimum absolute atomic E-state index is 0.0853. The average molecular weight is 402 g/mol. The number of hydrogen-bond acceptors (Lipinski definition) is 3. The first kappa shape index (κ1) is 19.2. The fourth-order valence-electron chi connectivity index (χ4n) is 2.76. The second-order valence-corrected chi connectivity index (χ2v) is 6.97. The van der Waals surface area contributed by atoms with Gasteiger partial charge < -0.3 is 10.1 Å². The molecule has 27 heavy (non-hydrogen) atoms. The zero-order chi connectivity index (χ0) is 19.4. The van der Waals surface area contributed by atoms with Crippen LogP contribution in [0.15, 0.2) is 60.7 Å². The van der Waals surface area contributed by atoms with Gasteiger partial charge in [-0.05, 0) is 41.5 Å². The Morgan fingerprint density at radius 3 is 2.41 bits per heavy atom. The number of nitrogens with one attached hydrogen (secondary N) is 1. The summed E-state index contributed by atoms with van der Waals surface area (Å²) in [5, 5.41) is 5.48. The zero-order valence-corrected chi connectivity index (χ0v) is 16.1. The van der Waals surface area contributed by atoms with Crippen molar-refractivity contribution in [3.05, 3.63) is 76.3 Å². The van der Waals surface area contributed by atoms with E-state index in [1.165, 1.54) is 6.92 Å². The summed E-state index contributed by atoms with van der Waals surface area (Å²) in [7, 11) is 0. The van der Waals surface area contributed by atoms with Crippen molar-refractivity contribution in [3.8, 4) is 0 Å². The van der Waals surface area contributed by atoms with Crippen LogP contribution in [0.5, 0.6) is 0 Å². The molecule has 0 bridgehead atoms. The molecule has 1 amide bonds. The van der Waals surface area contributed by atoms with Crippen molar-refractivity contribution < 1.29 is 14.3 Å². The third-order valence-electron chi connectivity index (χ3n) is 4.02. The number of carbonyl (C=O) groups is 2. The van der Waals surface area contributed by atoms with E-state index in [2.05, 4.69) is 5.32 Å². The largest absolute Gasteiger partial charge is 0.452 e. The minimum Gasteiger partial charge on any atom is -0.452 e. The van der Waals surface area contributed by atoms with Gasteiger partial charge in [0.25, 0.3) is 5.91 Å². The average Bonchev–Trinajstić information content (AvgIpc) is 2.61. The highest BCUT2D eigenvalue weighted by Gasteiger charge is 2.19. The van der Waals surface area contributed by atoms with Crippen LogP contribution in [0, 0.1) is 0 Å². The van der Waals surface area contributed by atoms with E-state index < -0.39 is 18.0 Å². The predicted octanol–water partition coefficient (Wildman–Crippen LogP) is 5.26. The van der Waals surface area contributed by atoms with Gasteiger partial charge in [0.05, 0.1) is 6.42 Å². The van der Waals surface area contributed by atoms with Gasteiger partial charge in [0, 0.05) is 15.7 Å². The van der Waals surface area contributed by atoms with E-state index in [9.17, 15) is 9.59 Å². The van der Waals surface area contributed by atoms with Crippen LogP contribution in [0.2, 0.25) is 10.0 Å². The molecule has 3 rings (SSSR count). The highest BCUT2D eigenvalue weighted by molar-refractivity contribution is 6.35. The number of fused-ring (bicyclic) bond motifs is 1. The lowest BCUT2D eigenvalue weighted by molar-refractivity contribution is -0.152. The van der Waals surface area contributed by atoms with Gasteiger partial charge in [-0.2, -0.15) is 0 Å². The quantitative estimate of drug-likeness (QED) is 0.593. The molecule has 1 N–H and O–H groups in total. The van der Waals surface area contributed by atoms with Gasteiger partial charge in [0.15, 0.2) is 6.10 Å². The van der Waals surface area contributed by atoms with E-state index >= 15 is 0 Å². The summed E-state index contributed by atoms with van der Waals surface area (Å²) in [4.78, 5) is 24.5. The van der Waals surface area contributed by atoms with Crippen molar-refractivity contribution in [2.75, 3.05) is 5.32 Å². The topological polar surface area (TPSA) is 55.4 Å². The first-order valence-corrected chi connectivity index (χ1v) is 9.11. The van der Waals surface area contributed by atoms with Crippen molar-refractivity contribution in [2.45, 2.75) is 19.4 Å². The van der Waals surface area contributed by atoms with Crippen LogP contribution in [0.3, 0.4) is 0 Å². The van der Waals surface area contributed by atoms with Gasteiger partial charge in [0.2, 0.25) is 0 Å². The van der Waals surface area contributed by atoms with Gasteiger partial charge in [-0.25, -0.2) is 0 Å². The van der Waals surface area contributed by atoms with E-state index in [1.54, 1.807) is 18.2 Å². The van der Waals surface area contributed by atoms with Crippen LogP contribution in [-0.4, -0.2) is 18.0 Å². The Morgan fingerprint density at radius 1 is 1.00 bits per heavy atom. The molecule has 3 aromatic carbocycles. The zero-order valence-electron chi connectivity index (χ0n) is 14.5. The van der Waals surface area contributed by atoms with E-state index in [-0.39, 0.29) is 6.42 Å². The van der Waals surface area contributed by atoms with E-state index in [1.807, 2.05) is 42.5 Å². The lowest BCUT2D eigenvalue weighted by Crippen LogP contribution is -2.30. The number of halogens is 2. The molecule has 0 unspecified atom stereocenters. The van der Waals surface area contributed by atoms with Gasteiger partial charge in [-0.15, -0.1) is 0 Å². The molecule has 0 heterocycles. The van der Waals surface area contributed by atoms with Crippen molar-refractivity contribution in [1.82, 2.24) is 0 Å². The molecule has 4 nitrogen and oxygen atoms in total. The first-order chi connectivity index (χ1) is 12.9. The van der Waals surface area contributed by atoms with Gasteiger partial charge in [-0.3, -0.25) is 9.59 Å². The van der Waals surface area contributed by atoms with E-state index in [0.717, 1.165) is 16.3 Å². The van der Waals surface area contributed by atoms with Gasteiger partial charge in [0.1, 0.15) is 0 Å². The van der Waals surface area contributed by atoms with Crippen LogP contribution in [0.1, 0.15) is 12.5 Å². The summed E-state index contributed by atoms with van der Waals surface area (Å²) in [5.41, 5.74) is 1.29. The third-order valence-corrected chi connectivity index (χ3v) is 4.46. The van der Waals surface area contributed by atoms with Crippen LogP contribution in [0.4, 0.5) is 5.69 Å². The third kappa shape index (κ3) is 5.00. The van der Waals surface area contributed by atoms with Gasteiger partial charge >= 0.3 is 5.97 Å². The molecule has 0 spiro atoms. The fourth-order valence-corrected chi connectivity index (χ4v) is 3.29.